The van der Waals surface area contributed by atoms with E-state index in [1.807, 2.05) is 42.1 Å². The molecule has 5 nitrogen and oxygen atoms in total. The standard InChI is InChI=1S/C15H19N3O2S/c1-17(2)15(19)21-13(14-16-9-10-18(14)3)11-5-7-12(20-4)8-6-11/h5-10,13H,1-4H3. The van der Waals surface area contributed by atoms with Crippen LogP contribution in [0.15, 0.2) is 36.7 Å². The fraction of sp³-hybridized carbons (Fsp3) is 0.333. The van der Waals surface area contributed by atoms with Crippen LogP contribution in [-0.4, -0.2) is 40.9 Å². The summed E-state index contributed by atoms with van der Waals surface area (Å²) in [5, 5.41) is -0.148. The van der Waals surface area contributed by atoms with Crippen molar-refractivity contribution in [3.05, 3.63) is 48.0 Å². The smallest absolute Gasteiger partial charge is 0.282 e. The average molecular weight is 305 g/mol. The Morgan fingerprint density at radius 2 is 2.00 bits per heavy atom. The number of amides is 1. The fourth-order valence-corrected chi connectivity index (χ4v) is 2.92. The van der Waals surface area contributed by atoms with E-state index in [1.54, 1.807) is 32.3 Å². The van der Waals surface area contributed by atoms with Crippen molar-refractivity contribution < 1.29 is 9.53 Å². The normalized spacial score (nSPS) is 12.0. The van der Waals surface area contributed by atoms with E-state index in [-0.39, 0.29) is 10.5 Å². The minimum absolute atomic E-state index is 0.00109. The van der Waals surface area contributed by atoms with Crippen LogP contribution in [-0.2, 0) is 7.05 Å². The zero-order valence-corrected chi connectivity index (χ0v) is 13.4. The number of carbonyl (C=O) groups excluding carboxylic acids is 1. The molecule has 0 saturated heterocycles. The van der Waals surface area contributed by atoms with Crippen LogP contribution in [0, 0.1) is 0 Å². The SMILES string of the molecule is COc1ccc(C(SC(=O)N(C)C)c2nccn2C)cc1. The molecule has 0 aliphatic heterocycles. The van der Waals surface area contributed by atoms with Gasteiger partial charge in [-0.2, -0.15) is 0 Å². The summed E-state index contributed by atoms with van der Waals surface area (Å²) in [7, 11) is 7.06. The predicted octanol–water partition coefficient (Wildman–Crippen LogP) is 2.93. The maximum absolute atomic E-state index is 12.1. The van der Waals surface area contributed by atoms with E-state index in [4.69, 9.17) is 4.74 Å². The third-order valence-electron chi connectivity index (χ3n) is 3.10. The Kier molecular flexibility index (Phi) is 4.90. The van der Waals surface area contributed by atoms with Gasteiger partial charge in [-0.25, -0.2) is 4.98 Å². The van der Waals surface area contributed by atoms with Gasteiger partial charge < -0.3 is 14.2 Å². The van der Waals surface area contributed by atoms with E-state index in [2.05, 4.69) is 4.98 Å². The van der Waals surface area contributed by atoms with Gasteiger partial charge in [-0.1, -0.05) is 12.1 Å². The van der Waals surface area contributed by atoms with Crippen LogP contribution in [0.25, 0.3) is 0 Å². The Morgan fingerprint density at radius 3 is 2.48 bits per heavy atom. The van der Waals surface area contributed by atoms with Crippen LogP contribution in [0.1, 0.15) is 16.6 Å². The monoisotopic (exact) mass is 305 g/mol. The molecule has 21 heavy (non-hydrogen) atoms. The fourth-order valence-electron chi connectivity index (χ4n) is 1.88. The van der Waals surface area contributed by atoms with Gasteiger partial charge >= 0.3 is 0 Å². The second-order valence-corrected chi connectivity index (χ2v) is 5.88. The summed E-state index contributed by atoms with van der Waals surface area (Å²) < 4.78 is 7.12. The van der Waals surface area contributed by atoms with Crippen molar-refractivity contribution in [3.63, 3.8) is 0 Å². The van der Waals surface area contributed by atoms with E-state index in [0.29, 0.717) is 0 Å². The molecule has 0 spiro atoms. The molecule has 0 radical (unpaired) electrons. The van der Waals surface area contributed by atoms with Gasteiger partial charge in [0.15, 0.2) is 0 Å². The Bertz CT molecular complexity index is 608. The number of ether oxygens (including phenoxy) is 1. The van der Waals surface area contributed by atoms with Gasteiger partial charge in [0.2, 0.25) is 0 Å². The van der Waals surface area contributed by atoms with Gasteiger partial charge in [0, 0.05) is 33.5 Å². The molecule has 1 aromatic heterocycles. The van der Waals surface area contributed by atoms with Gasteiger partial charge in [-0.05, 0) is 29.5 Å². The van der Waals surface area contributed by atoms with E-state index in [9.17, 15) is 4.79 Å². The highest BCUT2D eigenvalue weighted by molar-refractivity contribution is 8.13. The summed E-state index contributed by atoms with van der Waals surface area (Å²) >= 11 is 1.25. The third-order valence-corrected chi connectivity index (χ3v) is 4.38. The molecule has 0 bridgehead atoms. The number of methoxy groups -OCH3 is 1. The largest absolute Gasteiger partial charge is 0.497 e. The quantitative estimate of drug-likeness (QED) is 0.871. The van der Waals surface area contributed by atoms with E-state index in [0.717, 1.165) is 17.1 Å². The van der Waals surface area contributed by atoms with Crippen LogP contribution < -0.4 is 4.74 Å². The molecule has 6 heteroatoms. The lowest BCUT2D eigenvalue weighted by Crippen LogP contribution is -2.19. The molecule has 1 aromatic carbocycles. The number of aryl methyl sites for hydroxylation is 1. The lowest BCUT2D eigenvalue weighted by Gasteiger charge is -2.19. The minimum Gasteiger partial charge on any atom is -0.497 e. The highest BCUT2D eigenvalue weighted by atomic mass is 32.2. The first-order valence-electron chi connectivity index (χ1n) is 6.52. The molecule has 0 fully saturated rings. The van der Waals surface area contributed by atoms with Crippen LogP contribution in [0.5, 0.6) is 5.75 Å². The van der Waals surface area contributed by atoms with Crippen LogP contribution in [0.4, 0.5) is 4.79 Å². The van der Waals surface area contributed by atoms with Gasteiger partial charge in [0.05, 0.1) is 12.4 Å². The Labute approximate surface area is 128 Å². The molecule has 2 rings (SSSR count). The molecule has 1 amide bonds. The minimum atomic E-state index is -0.147. The zero-order valence-electron chi connectivity index (χ0n) is 12.6. The molecule has 1 unspecified atom stereocenters. The molecule has 0 N–H and O–H groups in total. The van der Waals surface area contributed by atoms with Crippen LogP contribution in [0.2, 0.25) is 0 Å². The summed E-state index contributed by atoms with van der Waals surface area (Å²) in [5.41, 5.74) is 1.02. The number of imidazole rings is 1. The number of hydrogen-bond acceptors (Lipinski definition) is 4. The van der Waals surface area contributed by atoms with Crippen molar-refractivity contribution in [2.24, 2.45) is 7.05 Å². The van der Waals surface area contributed by atoms with Crippen molar-refractivity contribution in [1.29, 1.82) is 0 Å². The van der Waals surface area contributed by atoms with Gasteiger partial charge in [-0.15, -0.1) is 0 Å². The van der Waals surface area contributed by atoms with Crippen molar-refractivity contribution >= 4 is 17.0 Å². The van der Waals surface area contributed by atoms with Crippen molar-refractivity contribution in [2.75, 3.05) is 21.2 Å². The summed E-state index contributed by atoms with van der Waals surface area (Å²) in [6, 6.07) is 7.72. The van der Waals surface area contributed by atoms with Crippen molar-refractivity contribution in [2.45, 2.75) is 5.25 Å². The number of thioether (sulfide) groups is 1. The number of rotatable bonds is 4. The Hall–Kier alpha value is -1.95. The zero-order chi connectivity index (χ0) is 15.4. The third kappa shape index (κ3) is 3.58. The van der Waals surface area contributed by atoms with Gasteiger partial charge in [-0.3, -0.25) is 4.79 Å². The number of carbonyl (C=O) groups is 1. The Balaban J connectivity index is 2.35. The van der Waals surface area contributed by atoms with Crippen molar-refractivity contribution in [1.82, 2.24) is 14.5 Å². The van der Waals surface area contributed by atoms with Crippen LogP contribution >= 0.6 is 11.8 Å². The number of nitrogens with zero attached hydrogens (tertiary/aromatic N) is 3. The summed E-state index contributed by atoms with van der Waals surface area (Å²) in [6.45, 7) is 0. The molecule has 1 atom stereocenters. The van der Waals surface area contributed by atoms with E-state index in [1.165, 1.54) is 11.8 Å². The Morgan fingerprint density at radius 1 is 1.33 bits per heavy atom. The molecular formula is C15H19N3O2S. The predicted molar refractivity (Wildman–Crippen MR) is 84.7 cm³/mol. The topological polar surface area (TPSA) is 47.4 Å². The molecule has 112 valence electrons. The molecule has 0 aliphatic rings. The maximum Gasteiger partial charge on any atom is 0.282 e. The molecule has 0 aliphatic carbocycles. The summed E-state index contributed by atoms with van der Waals surface area (Å²) in [6.07, 6.45) is 3.62. The van der Waals surface area contributed by atoms with E-state index < -0.39 is 0 Å². The number of hydrogen-bond donors (Lipinski definition) is 0. The highest BCUT2D eigenvalue weighted by Gasteiger charge is 2.23. The molecule has 1 heterocycles. The van der Waals surface area contributed by atoms with Crippen LogP contribution in [0.3, 0.4) is 0 Å². The lowest BCUT2D eigenvalue weighted by atomic mass is 10.1. The summed E-state index contributed by atoms with van der Waals surface area (Å²) in [5.74, 6) is 1.64. The molecular weight excluding hydrogens is 286 g/mol. The van der Waals surface area contributed by atoms with E-state index >= 15 is 0 Å². The first kappa shape index (κ1) is 15.4. The van der Waals surface area contributed by atoms with Gasteiger partial charge in [0.25, 0.3) is 5.24 Å². The van der Waals surface area contributed by atoms with Crippen molar-refractivity contribution in [3.8, 4) is 5.75 Å². The number of benzene rings is 1. The first-order chi connectivity index (χ1) is 10.0. The maximum atomic E-state index is 12.1. The molecule has 2 aromatic rings. The first-order valence-corrected chi connectivity index (χ1v) is 7.40. The lowest BCUT2D eigenvalue weighted by molar-refractivity contribution is 0.241. The van der Waals surface area contributed by atoms with Gasteiger partial charge in [0.1, 0.15) is 11.6 Å². The average Bonchev–Trinajstić information content (AvgIpc) is 2.90. The second kappa shape index (κ2) is 6.67. The molecule has 0 saturated carbocycles. The number of aromatic nitrogens is 2. The summed E-state index contributed by atoms with van der Waals surface area (Å²) in [4.78, 5) is 18.0. The second-order valence-electron chi connectivity index (χ2n) is 4.83. The highest BCUT2D eigenvalue weighted by Crippen LogP contribution is 2.36.